The SMILES string of the molecule is COc1cc(OC)cc([C@H]2SCCN2C(=O)Nc2ccc(Cl)c(Cl)c2)c1. The molecule has 1 N–H and O–H groups in total. The quantitative estimate of drug-likeness (QED) is 0.740. The maximum Gasteiger partial charge on any atom is 0.323 e. The van der Waals surface area contributed by atoms with Crippen LogP contribution in [0.5, 0.6) is 11.5 Å². The summed E-state index contributed by atoms with van der Waals surface area (Å²) >= 11 is 13.6. The van der Waals surface area contributed by atoms with E-state index in [9.17, 15) is 4.79 Å². The Labute approximate surface area is 166 Å². The van der Waals surface area contributed by atoms with Gasteiger partial charge in [-0.3, -0.25) is 0 Å². The molecule has 138 valence electrons. The molecule has 0 spiro atoms. The minimum absolute atomic E-state index is 0.123. The summed E-state index contributed by atoms with van der Waals surface area (Å²) in [5.74, 6) is 2.23. The van der Waals surface area contributed by atoms with Crippen molar-refractivity contribution in [3.63, 3.8) is 0 Å². The smallest absolute Gasteiger partial charge is 0.323 e. The molecule has 1 aliphatic heterocycles. The van der Waals surface area contributed by atoms with E-state index in [1.54, 1.807) is 49.1 Å². The van der Waals surface area contributed by atoms with E-state index in [2.05, 4.69) is 5.32 Å². The average Bonchev–Trinajstić information content (AvgIpc) is 3.14. The van der Waals surface area contributed by atoms with Crippen molar-refractivity contribution >= 4 is 46.7 Å². The summed E-state index contributed by atoms with van der Waals surface area (Å²) in [5, 5.41) is 3.60. The third-order valence-electron chi connectivity index (χ3n) is 3.98. The highest BCUT2D eigenvalue weighted by atomic mass is 35.5. The predicted molar refractivity (Wildman–Crippen MR) is 107 cm³/mol. The van der Waals surface area contributed by atoms with Gasteiger partial charge in [0.1, 0.15) is 16.9 Å². The zero-order chi connectivity index (χ0) is 18.7. The first-order valence-corrected chi connectivity index (χ1v) is 9.69. The molecule has 0 saturated carbocycles. The first kappa shape index (κ1) is 19.0. The normalized spacial score (nSPS) is 16.5. The van der Waals surface area contributed by atoms with Crippen LogP contribution in [0.2, 0.25) is 10.0 Å². The van der Waals surface area contributed by atoms with E-state index in [0.717, 1.165) is 11.3 Å². The van der Waals surface area contributed by atoms with Gasteiger partial charge in [-0.15, -0.1) is 11.8 Å². The summed E-state index contributed by atoms with van der Waals surface area (Å²) in [6, 6.07) is 10.5. The lowest BCUT2D eigenvalue weighted by Crippen LogP contribution is -2.34. The first-order chi connectivity index (χ1) is 12.5. The Balaban J connectivity index is 1.81. The van der Waals surface area contributed by atoms with Crippen LogP contribution >= 0.6 is 35.0 Å². The molecule has 0 unspecified atom stereocenters. The lowest BCUT2D eigenvalue weighted by atomic mass is 10.2. The van der Waals surface area contributed by atoms with E-state index < -0.39 is 0 Å². The third kappa shape index (κ3) is 4.14. The van der Waals surface area contributed by atoms with Crippen molar-refractivity contribution in [3.05, 3.63) is 52.0 Å². The second kappa shape index (κ2) is 8.29. The van der Waals surface area contributed by atoms with Crippen molar-refractivity contribution in [1.82, 2.24) is 4.90 Å². The second-order valence-electron chi connectivity index (χ2n) is 5.62. The minimum Gasteiger partial charge on any atom is -0.497 e. The molecule has 0 bridgehead atoms. The van der Waals surface area contributed by atoms with Gasteiger partial charge in [0.15, 0.2) is 0 Å². The topological polar surface area (TPSA) is 50.8 Å². The molecule has 1 heterocycles. The number of carbonyl (C=O) groups excluding carboxylic acids is 1. The number of benzene rings is 2. The molecule has 1 saturated heterocycles. The van der Waals surface area contributed by atoms with Gasteiger partial charge in [0.2, 0.25) is 0 Å². The fraction of sp³-hybridized carbons (Fsp3) is 0.278. The van der Waals surface area contributed by atoms with Gasteiger partial charge in [0.25, 0.3) is 0 Å². The number of nitrogens with one attached hydrogen (secondary N) is 1. The number of nitrogens with zero attached hydrogens (tertiary/aromatic N) is 1. The van der Waals surface area contributed by atoms with Crippen molar-refractivity contribution in [3.8, 4) is 11.5 Å². The van der Waals surface area contributed by atoms with Crippen LogP contribution in [0.1, 0.15) is 10.9 Å². The summed E-state index contributed by atoms with van der Waals surface area (Å²) in [6.45, 7) is 0.641. The molecule has 2 aromatic carbocycles. The molecule has 5 nitrogen and oxygen atoms in total. The number of rotatable bonds is 4. The van der Waals surface area contributed by atoms with Gasteiger partial charge in [-0.1, -0.05) is 23.2 Å². The van der Waals surface area contributed by atoms with Crippen LogP contribution in [0, 0.1) is 0 Å². The number of halogens is 2. The van der Waals surface area contributed by atoms with Gasteiger partial charge < -0.3 is 19.7 Å². The summed E-state index contributed by atoms with van der Waals surface area (Å²) in [6.07, 6.45) is 0. The lowest BCUT2D eigenvalue weighted by Gasteiger charge is -2.25. The molecule has 0 aromatic heterocycles. The number of hydrogen-bond donors (Lipinski definition) is 1. The standard InChI is InChI=1S/C18H18Cl2N2O3S/c1-24-13-7-11(8-14(10-13)25-2)17-22(5-6-26-17)18(23)21-12-3-4-15(19)16(20)9-12/h3-4,7-10,17H,5-6H2,1-2H3,(H,21,23)/t17-/m1/s1. The first-order valence-electron chi connectivity index (χ1n) is 7.89. The molecular formula is C18H18Cl2N2O3S. The highest BCUT2D eigenvalue weighted by Crippen LogP contribution is 2.41. The van der Waals surface area contributed by atoms with Crippen LogP contribution in [0.4, 0.5) is 10.5 Å². The lowest BCUT2D eigenvalue weighted by molar-refractivity contribution is 0.214. The Hall–Kier alpha value is -1.76. The van der Waals surface area contributed by atoms with Crippen LogP contribution in [0.15, 0.2) is 36.4 Å². The molecule has 2 amide bonds. The summed E-state index contributed by atoms with van der Waals surface area (Å²) < 4.78 is 10.7. The van der Waals surface area contributed by atoms with E-state index >= 15 is 0 Å². The average molecular weight is 413 g/mol. The van der Waals surface area contributed by atoms with Gasteiger partial charge in [-0.2, -0.15) is 0 Å². The predicted octanol–water partition coefficient (Wildman–Crippen LogP) is 5.29. The molecule has 0 radical (unpaired) electrons. The molecule has 8 heteroatoms. The van der Waals surface area contributed by atoms with Gasteiger partial charge in [0.05, 0.1) is 24.3 Å². The number of amides is 2. The molecular weight excluding hydrogens is 395 g/mol. The molecule has 1 atom stereocenters. The Morgan fingerprint density at radius 2 is 1.81 bits per heavy atom. The number of ether oxygens (including phenoxy) is 2. The Bertz CT molecular complexity index is 797. The molecule has 0 aliphatic carbocycles. The van der Waals surface area contributed by atoms with Gasteiger partial charge in [-0.05, 0) is 35.9 Å². The zero-order valence-electron chi connectivity index (χ0n) is 14.3. The summed E-state index contributed by atoms with van der Waals surface area (Å²) in [5.41, 5.74) is 1.55. The summed E-state index contributed by atoms with van der Waals surface area (Å²) in [7, 11) is 3.21. The molecule has 2 aromatic rings. The van der Waals surface area contributed by atoms with Crippen molar-refractivity contribution in [2.45, 2.75) is 5.37 Å². The fourth-order valence-electron chi connectivity index (χ4n) is 2.70. The fourth-order valence-corrected chi connectivity index (χ4v) is 4.23. The molecule has 3 rings (SSSR count). The van der Waals surface area contributed by atoms with Crippen LogP contribution < -0.4 is 14.8 Å². The van der Waals surface area contributed by atoms with Crippen LogP contribution in [0.3, 0.4) is 0 Å². The van der Waals surface area contributed by atoms with Gasteiger partial charge in [0, 0.05) is 24.1 Å². The van der Waals surface area contributed by atoms with Crippen molar-refractivity contribution in [2.75, 3.05) is 31.8 Å². The highest BCUT2D eigenvalue weighted by Gasteiger charge is 2.31. The van der Waals surface area contributed by atoms with Crippen molar-refractivity contribution in [2.24, 2.45) is 0 Å². The molecule has 1 fully saturated rings. The number of thioether (sulfide) groups is 1. The number of carbonyl (C=O) groups is 1. The minimum atomic E-state index is -0.194. The van der Waals surface area contributed by atoms with Crippen LogP contribution in [0.25, 0.3) is 0 Å². The van der Waals surface area contributed by atoms with E-state index in [0.29, 0.717) is 33.8 Å². The largest absolute Gasteiger partial charge is 0.497 e. The number of anilines is 1. The van der Waals surface area contributed by atoms with Crippen LogP contribution in [-0.2, 0) is 0 Å². The Morgan fingerprint density at radius 1 is 1.12 bits per heavy atom. The maximum absolute atomic E-state index is 12.8. The van der Waals surface area contributed by atoms with E-state index in [4.69, 9.17) is 32.7 Å². The second-order valence-corrected chi connectivity index (χ2v) is 7.62. The maximum atomic E-state index is 12.8. The molecule has 26 heavy (non-hydrogen) atoms. The van der Waals surface area contributed by atoms with Gasteiger partial charge in [-0.25, -0.2) is 4.79 Å². The highest BCUT2D eigenvalue weighted by molar-refractivity contribution is 7.99. The number of methoxy groups -OCH3 is 2. The summed E-state index contributed by atoms with van der Waals surface area (Å²) in [4.78, 5) is 14.5. The monoisotopic (exact) mass is 412 g/mol. The van der Waals surface area contributed by atoms with E-state index in [-0.39, 0.29) is 11.4 Å². The number of hydrogen-bond acceptors (Lipinski definition) is 4. The van der Waals surface area contributed by atoms with Crippen LogP contribution in [-0.4, -0.2) is 37.4 Å². The van der Waals surface area contributed by atoms with Crippen molar-refractivity contribution < 1.29 is 14.3 Å². The molecule has 1 aliphatic rings. The Morgan fingerprint density at radius 3 is 2.42 bits per heavy atom. The number of urea groups is 1. The van der Waals surface area contributed by atoms with E-state index in [1.807, 2.05) is 18.2 Å². The third-order valence-corrected chi connectivity index (χ3v) is 5.98. The van der Waals surface area contributed by atoms with Gasteiger partial charge >= 0.3 is 6.03 Å². The Kier molecular flexibility index (Phi) is 6.06. The zero-order valence-corrected chi connectivity index (χ0v) is 16.6. The van der Waals surface area contributed by atoms with E-state index in [1.165, 1.54) is 0 Å². The van der Waals surface area contributed by atoms with Crippen molar-refractivity contribution in [1.29, 1.82) is 0 Å².